The van der Waals surface area contributed by atoms with Crippen LogP contribution in [-0.2, 0) is 6.54 Å². The number of hydrogen-bond acceptors (Lipinski definition) is 6. The highest BCUT2D eigenvalue weighted by Gasteiger charge is 2.32. The summed E-state index contributed by atoms with van der Waals surface area (Å²) in [6, 6.07) is 16.6. The zero-order chi connectivity index (χ0) is 25.8. The van der Waals surface area contributed by atoms with Crippen molar-refractivity contribution in [3.63, 3.8) is 0 Å². The van der Waals surface area contributed by atoms with Gasteiger partial charge in [-0.2, -0.15) is 9.61 Å². The van der Waals surface area contributed by atoms with Crippen molar-refractivity contribution in [2.24, 2.45) is 0 Å². The molecule has 0 spiro atoms. The maximum Gasteiger partial charge on any atom is 0.257 e. The average molecular weight is 508 g/mol. The van der Waals surface area contributed by atoms with Gasteiger partial charge in [0.25, 0.3) is 5.91 Å². The molecule has 4 aromatic heterocycles. The molecule has 2 N–H and O–H groups in total. The Morgan fingerprint density at radius 3 is 2.68 bits per heavy atom. The molecule has 2 fully saturated rings. The summed E-state index contributed by atoms with van der Waals surface area (Å²) >= 11 is 0. The second-order valence-corrected chi connectivity index (χ2v) is 10.4. The van der Waals surface area contributed by atoms with Gasteiger partial charge < -0.3 is 19.9 Å². The Bertz CT molecular complexity index is 1650. The van der Waals surface area contributed by atoms with Crippen molar-refractivity contribution in [2.75, 3.05) is 11.9 Å². The van der Waals surface area contributed by atoms with E-state index in [9.17, 15) is 9.90 Å². The molecule has 0 saturated heterocycles. The molecule has 7 rings (SSSR count). The van der Waals surface area contributed by atoms with Gasteiger partial charge in [-0.25, -0.2) is 9.97 Å². The molecule has 2 atom stereocenters. The van der Waals surface area contributed by atoms with Gasteiger partial charge in [0.2, 0.25) is 0 Å². The van der Waals surface area contributed by atoms with E-state index < -0.39 is 6.10 Å². The lowest BCUT2D eigenvalue weighted by Gasteiger charge is -2.32. The molecular weight excluding hydrogens is 478 g/mol. The van der Waals surface area contributed by atoms with Crippen LogP contribution in [0.3, 0.4) is 0 Å². The predicted molar refractivity (Wildman–Crippen MR) is 145 cm³/mol. The lowest BCUT2D eigenvalue weighted by molar-refractivity contribution is 0.0448. The second kappa shape index (κ2) is 8.95. The van der Waals surface area contributed by atoms with Crippen LogP contribution in [0.5, 0.6) is 0 Å². The van der Waals surface area contributed by atoms with Crippen LogP contribution in [0.15, 0.2) is 67.1 Å². The van der Waals surface area contributed by atoms with Gasteiger partial charge >= 0.3 is 0 Å². The Morgan fingerprint density at radius 1 is 1.11 bits per heavy atom. The van der Waals surface area contributed by atoms with E-state index in [-0.39, 0.29) is 11.9 Å². The molecule has 9 nitrogen and oxygen atoms in total. The number of anilines is 1. The monoisotopic (exact) mass is 507 g/mol. The number of pyridine rings is 1. The smallest absolute Gasteiger partial charge is 0.257 e. The van der Waals surface area contributed by atoms with Gasteiger partial charge in [0.1, 0.15) is 17.0 Å². The number of nitrogens with one attached hydrogen (secondary N) is 1. The van der Waals surface area contributed by atoms with Crippen LogP contribution in [0, 0.1) is 0 Å². The summed E-state index contributed by atoms with van der Waals surface area (Å²) < 4.78 is 3.99. The van der Waals surface area contributed by atoms with Gasteiger partial charge in [-0.05, 0) is 43.4 Å². The molecule has 0 bridgehead atoms. The second-order valence-electron chi connectivity index (χ2n) is 10.4. The minimum Gasteiger partial charge on any atom is -0.391 e. The highest BCUT2D eigenvalue weighted by Crippen LogP contribution is 2.41. The van der Waals surface area contributed by atoms with Crippen LogP contribution < -0.4 is 10.2 Å². The first-order chi connectivity index (χ1) is 18.6. The molecule has 5 aromatic rings. The summed E-state index contributed by atoms with van der Waals surface area (Å²) in [4.78, 5) is 25.1. The molecule has 4 heterocycles. The van der Waals surface area contributed by atoms with Crippen molar-refractivity contribution in [3.8, 4) is 11.3 Å². The number of fused-ring (bicyclic) bond motifs is 2. The highest BCUT2D eigenvalue weighted by atomic mass is 16.3. The molecular formula is C29H29N7O2. The molecule has 2 aliphatic rings. The Kier molecular flexibility index (Phi) is 5.40. The number of benzene rings is 1. The third kappa shape index (κ3) is 3.90. The summed E-state index contributed by atoms with van der Waals surface area (Å²) in [6.45, 7) is 0.667. The lowest BCUT2D eigenvalue weighted by atomic mass is 9.89. The number of carbonyl (C=O) groups excluding carboxylic acids is 1. The minimum atomic E-state index is -0.502. The Morgan fingerprint density at radius 2 is 1.95 bits per heavy atom. The van der Waals surface area contributed by atoms with Crippen molar-refractivity contribution in [2.45, 2.75) is 50.4 Å². The van der Waals surface area contributed by atoms with Crippen molar-refractivity contribution in [3.05, 3.63) is 78.2 Å². The van der Waals surface area contributed by atoms with Crippen LogP contribution in [0.1, 0.15) is 47.6 Å². The molecule has 38 heavy (non-hydrogen) atoms. The van der Waals surface area contributed by atoms with Crippen molar-refractivity contribution in [1.82, 2.24) is 29.5 Å². The highest BCUT2D eigenvalue weighted by molar-refractivity contribution is 6.01. The summed E-state index contributed by atoms with van der Waals surface area (Å²) in [5.41, 5.74) is 4.75. The molecule has 0 aliphatic heterocycles. The average Bonchev–Trinajstić information content (AvgIpc) is 3.57. The number of aliphatic hydroxyl groups excluding tert-OH is 1. The van der Waals surface area contributed by atoms with Crippen LogP contribution in [0.4, 0.5) is 5.82 Å². The Balaban J connectivity index is 1.37. The van der Waals surface area contributed by atoms with E-state index >= 15 is 0 Å². The third-order valence-electron chi connectivity index (χ3n) is 7.71. The number of amides is 1. The zero-order valence-corrected chi connectivity index (χ0v) is 21.2. The summed E-state index contributed by atoms with van der Waals surface area (Å²) in [5.74, 6) is 0.555. The van der Waals surface area contributed by atoms with Crippen molar-refractivity contribution >= 4 is 28.4 Å². The summed E-state index contributed by atoms with van der Waals surface area (Å²) in [7, 11) is 2.02. The van der Waals surface area contributed by atoms with Crippen LogP contribution in [-0.4, -0.2) is 54.4 Å². The molecule has 2 aliphatic carbocycles. The van der Waals surface area contributed by atoms with Crippen molar-refractivity contribution < 1.29 is 9.90 Å². The number of nitrogens with zero attached hydrogens (tertiary/aromatic N) is 6. The molecule has 1 amide bonds. The molecule has 192 valence electrons. The van der Waals surface area contributed by atoms with Crippen LogP contribution in [0.2, 0.25) is 0 Å². The van der Waals surface area contributed by atoms with Gasteiger partial charge in [-0.1, -0.05) is 30.3 Å². The molecule has 0 radical (unpaired) electrons. The lowest BCUT2D eigenvalue weighted by Crippen LogP contribution is -2.50. The molecule has 1 aromatic carbocycles. The number of aromatic nitrogens is 5. The fourth-order valence-corrected chi connectivity index (χ4v) is 5.27. The van der Waals surface area contributed by atoms with E-state index in [0.717, 1.165) is 47.4 Å². The van der Waals surface area contributed by atoms with Gasteiger partial charge in [-0.3, -0.25) is 4.79 Å². The summed E-state index contributed by atoms with van der Waals surface area (Å²) in [6.07, 6.45) is 8.82. The largest absolute Gasteiger partial charge is 0.391 e. The molecule has 2 saturated carbocycles. The topological polar surface area (TPSA) is 101 Å². The SMILES string of the molecule is CN(Cc1ccccc1)c1cc(-c2cn(C3CC3)c3ncccc23)nc2c(C(=O)NC3CC[C@H]3O)cnn12. The zero-order valence-electron chi connectivity index (χ0n) is 21.2. The van der Waals surface area contributed by atoms with Gasteiger partial charge in [0, 0.05) is 49.0 Å². The standard InChI is InChI=1S/C29H29N7O2/c1-34(16-18-6-3-2-4-7-18)26-14-24(22-17-35(19-9-10-19)27-20(22)8-5-13-30-27)32-28-21(15-31-36(26)28)29(38)33-23-11-12-25(23)37/h2-8,13-15,17,19,23,25,37H,9-12,16H2,1H3,(H,33,38)/t23?,25-/m1/s1. The van der Waals surface area contributed by atoms with E-state index in [4.69, 9.17) is 4.98 Å². The van der Waals surface area contributed by atoms with Gasteiger partial charge in [0.05, 0.1) is 24.0 Å². The van der Waals surface area contributed by atoms with Crippen LogP contribution in [0.25, 0.3) is 27.9 Å². The fourth-order valence-electron chi connectivity index (χ4n) is 5.27. The first-order valence-electron chi connectivity index (χ1n) is 13.2. The van der Waals surface area contributed by atoms with Gasteiger partial charge in [-0.15, -0.1) is 0 Å². The quantitative estimate of drug-likeness (QED) is 0.346. The molecule has 9 heteroatoms. The maximum absolute atomic E-state index is 13.3. The van der Waals surface area contributed by atoms with Gasteiger partial charge in [0.15, 0.2) is 5.65 Å². The first-order valence-corrected chi connectivity index (χ1v) is 13.2. The Hall–Kier alpha value is -4.24. The van der Waals surface area contributed by atoms with E-state index in [2.05, 4.69) is 49.3 Å². The maximum atomic E-state index is 13.3. The Labute approximate surface area is 219 Å². The summed E-state index contributed by atoms with van der Waals surface area (Å²) in [5, 5.41) is 18.6. The van der Waals surface area contributed by atoms with E-state index in [1.807, 2.05) is 43.6 Å². The number of hydrogen-bond donors (Lipinski definition) is 2. The number of carbonyl (C=O) groups is 1. The van der Waals surface area contributed by atoms with E-state index in [0.29, 0.717) is 30.2 Å². The van der Waals surface area contributed by atoms with E-state index in [1.165, 1.54) is 5.56 Å². The number of aliphatic hydroxyl groups is 1. The van der Waals surface area contributed by atoms with Crippen molar-refractivity contribution in [1.29, 1.82) is 0 Å². The molecule has 1 unspecified atom stereocenters. The minimum absolute atomic E-state index is 0.233. The normalized spacial score (nSPS) is 19.0. The van der Waals surface area contributed by atoms with Crippen LogP contribution >= 0.6 is 0 Å². The predicted octanol–water partition coefficient (Wildman–Crippen LogP) is 3.97. The van der Waals surface area contributed by atoms with E-state index in [1.54, 1.807) is 10.7 Å². The third-order valence-corrected chi connectivity index (χ3v) is 7.71. The number of rotatable bonds is 7. The fraction of sp³-hybridized carbons (Fsp3) is 0.310. The first kappa shape index (κ1) is 22.9.